The van der Waals surface area contributed by atoms with Gasteiger partial charge in [-0.3, -0.25) is 4.79 Å². The van der Waals surface area contributed by atoms with E-state index in [1.165, 1.54) is 0 Å². The highest BCUT2D eigenvalue weighted by Gasteiger charge is 2.13. The third-order valence-electron chi connectivity index (χ3n) is 1.66. The lowest BCUT2D eigenvalue weighted by Crippen LogP contribution is -2.00. The van der Waals surface area contributed by atoms with Crippen molar-refractivity contribution in [3.8, 4) is 0 Å². The van der Waals surface area contributed by atoms with Crippen molar-refractivity contribution in [2.75, 3.05) is 12.0 Å². The Hall–Kier alpha value is -0.190. The molecule has 1 aromatic rings. The molecule has 0 fully saturated rings. The van der Waals surface area contributed by atoms with Gasteiger partial charge in [-0.2, -0.15) is 0 Å². The van der Waals surface area contributed by atoms with Crippen molar-refractivity contribution in [3.63, 3.8) is 0 Å². The van der Waals surface area contributed by atoms with Crippen LogP contribution in [0.3, 0.4) is 0 Å². The molecule has 0 saturated carbocycles. The molecule has 0 aliphatic rings. The quantitative estimate of drug-likeness (QED) is 0.610. The van der Waals surface area contributed by atoms with Crippen LogP contribution in [0.1, 0.15) is 23.8 Å². The monoisotopic (exact) mass is 261 g/mol. The van der Waals surface area contributed by atoms with E-state index in [0.29, 0.717) is 10.8 Å². The van der Waals surface area contributed by atoms with Gasteiger partial charge in [-0.05, 0) is 30.6 Å². The summed E-state index contributed by atoms with van der Waals surface area (Å²) in [4.78, 5) is 16.6. The predicted octanol–water partition coefficient (Wildman–Crippen LogP) is 3.74. The topological polar surface area (TPSA) is 30.0 Å². The van der Waals surface area contributed by atoms with E-state index in [4.69, 9.17) is 11.6 Å². The molecular formula is C10H12ClNOS2. The fourth-order valence-electron chi connectivity index (χ4n) is 0.994. The molecule has 2 nitrogen and oxygen atoms in total. The van der Waals surface area contributed by atoms with E-state index in [2.05, 4.69) is 11.9 Å². The number of carbonyl (C=O) groups is 1. The fourth-order valence-corrected chi connectivity index (χ4v) is 2.42. The third-order valence-corrected chi connectivity index (χ3v) is 3.69. The Bertz CT molecular complexity index is 357. The molecule has 15 heavy (non-hydrogen) atoms. The van der Waals surface area contributed by atoms with Crippen molar-refractivity contribution < 1.29 is 4.79 Å². The summed E-state index contributed by atoms with van der Waals surface area (Å²) in [6.07, 6.45) is 2.82. The van der Waals surface area contributed by atoms with Crippen LogP contribution in [-0.2, 0) is 0 Å². The molecule has 0 saturated heterocycles. The molecule has 0 unspecified atom stereocenters. The van der Waals surface area contributed by atoms with E-state index in [-0.39, 0.29) is 5.12 Å². The van der Waals surface area contributed by atoms with Crippen LogP contribution in [0.15, 0.2) is 17.0 Å². The van der Waals surface area contributed by atoms with Crippen molar-refractivity contribution in [2.24, 2.45) is 0 Å². The zero-order valence-corrected chi connectivity index (χ0v) is 11.0. The number of nitrogens with zero attached hydrogens (tertiary/aromatic N) is 1. The molecule has 0 aromatic carbocycles. The number of hydrogen-bond donors (Lipinski definition) is 0. The lowest BCUT2D eigenvalue weighted by molar-refractivity contribution is 0.108. The normalized spacial score (nSPS) is 10.3. The standard InChI is InChI=1S/C10H12ClNOS2/c1-3-6-15-7-4-5-8(11)12-9(7)10(13)14-2/h4-5H,3,6H2,1-2H3. The highest BCUT2D eigenvalue weighted by molar-refractivity contribution is 8.13. The van der Waals surface area contributed by atoms with Gasteiger partial charge in [0.25, 0.3) is 0 Å². The summed E-state index contributed by atoms with van der Waals surface area (Å²) in [6, 6.07) is 3.58. The first-order valence-electron chi connectivity index (χ1n) is 4.56. The SMILES string of the molecule is CCCSc1ccc(Cl)nc1C(=O)SC. The van der Waals surface area contributed by atoms with Gasteiger partial charge in [0.05, 0.1) is 0 Å². The molecule has 82 valence electrons. The molecule has 0 atom stereocenters. The zero-order valence-electron chi connectivity index (χ0n) is 8.62. The minimum absolute atomic E-state index is 0.0314. The van der Waals surface area contributed by atoms with Crippen molar-refractivity contribution in [2.45, 2.75) is 18.2 Å². The Labute approximate surface area is 103 Å². The number of thioether (sulfide) groups is 2. The Morgan fingerprint density at radius 2 is 2.27 bits per heavy atom. The summed E-state index contributed by atoms with van der Waals surface area (Å²) in [5.41, 5.74) is 0.480. The van der Waals surface area contributed by atoms with Gasteiger partial charge in [-0.1, -0.05) is 30.3 Å². The average molecular weight is 262 g/mol. The molecule has 0 amide bonds. The molecule has 0 bridgehead atoms. The number of carbonyl (C=O) groups excluding carboxylic acids is 1. The molecule has 1 aromatic heterocycles. The summed E-state index contributed by atoms with van der Waals surface area (Å²) in [5.74, 6) is 0.984. The largest absolute Gasteiger partial charge is 0.280 e. The minimum Gasteiger partial charge on any atom is -0.280 e. The van der Waals surface area contributed by atoms with Crippen LogP contribution < -0.4 is 0 Å². The van der Waals surface area contributed by atoms with Gasteiger partial charge >= 0.3 is 0 Å². The molecule has 0 aliphatic heterocycles. The molecular weight excluding hydrogens is 250 g/mol. The highest BCUT2D eigenvalue weighted by atomic mass is 35.5. The number of halogens is 1. The van der Waals surface area contributed by atoms with E-state index in [9.17, 15) is 4.79 Å². The molecule has 0 aliphatic carbocycles. The summed E-state index contributed by atoms with van der Waals surface area (Å²) in [6.45, 7) is 2.10. The first-order valence-corrected chi connectivity index (χ1v) is 7.15. The predicted molar refractivity (Wildman–Crippen MR) is 68.1 cm³/mol. The minimum atomic E-state index is -0.0314. The first kappa shape index (κ1) is 12.9. The summed E-state index contributed by atoms with van der Waals surface area (Å²) >= 11 is 8.58. The second kappa shape index (κ2) is 6.40. The van der Waals surface area contributed by atoms with Crippen molar-refractivity contribution in [3.05, 3.63) is 23.0 Å². The number of rotatable bonds is 4. The second-order valence-corrected chi connectivity index (χ2v) is 5.12. The lowest BCUT2D eigenvalue weighted by atomic mass is 10.4. The van der Waals surface area contributed by atoms with Crippen LogP contribution >= 0.6 is 35.1 Å². The van der Waals surface area contributed by atoms with E-state index in [0.717, 1.165) is 28.8 Å². The molecule has 1 rings (SSSR count). The van der Waals surface area contributed by atoms with E-state index in [1.807, 2.05) is 6.07 Å². The molecule has 0 spiro atoms. The van der Waals surface area contributed by atoms with Gasteiger partial charge < -0.3 is 0 Å². The van der Waals surface area contributed by atoms with Gasteiger partial charge in [-0.25, -0.2) is 4.98 Å². The molecule has 0 radical (unpaired) electrons. The van der Waals surface area contributed by atoms with Crippen LogP contribution in [0.25, 0.3) is 0 Å². The number of aromatic nitrogens is 1. The van der Waals surface area contributed by atoms with Gasteiger partial charge in [0, 0.05) is 4.90 Å². The third kappa shape index (κ3) is 3.70. The van der Waals surface area contributed by atoms with Crippen LogP contribution in [0.2, 0.25) is 5.15 Å². The van der Waals surface area contributed by atoms with Crippen LogP contribution in [0.5, 0.6) is 0 Å². The molecule has 5 heteroatoms. The van der Waals surface area contributed by atoms with E-state index in [1.54, 1.807) is 24.1 Å². The average Bonchev–Trinajstić information content (AvgIpc) is 2.26. The number of pyridine rings is 1. The lowest BCUT2D eigenvalue weighted by Gasteiger charge is -2.05. The van der Waals surface area contributed by atoms with Crippen LogP contribution in [0, 0.1) is 0 Å². The Kier molecular flexibility index (Phi) is 5.50. The van der Waals surface area contributed by atoms with Gasteiger partial charge in [-0.15, -0.1) is 11.8 Å². The van der Waals surface area contributed by atoms with Crippen molar-refractivity contribution in [1.82, 2.24) is 4.98 Å². The van der Waals surface area contributed by atoms with Crippen LogP contribution in [-0.4, -0.2) is 22.1 Å². The number of hydrogen-bond acceptors (Lipinski definition) is 4. The van der Waals surface area contributed by atoms with Gasteiger partial charge in [0.1, 0.15) is 10.8 Å². The van der Waals surface area contributed by atoms with E-state index < -0.39 is 0 Å². The smallest absolute Gasteiger partial charge is 0.238 e. The maximum atomic E-state index is 11.6. The summed E-state index contributed by atoms with van der Waals surface area (Å²) in [7, 11) is 0. The second-order valence-electron chi connectivity index (χ2n) is 2.82. The Morgan fingerprint density at radius 3 is 2.87 bits per heavy atom. The van der Waals surface area contributed by atoms with Gasteiger partial charge in [0.15, 0.2) is 0 Å². The molecule has 0 N–H and O–H groups in total. The fraction of sp³-hybridized carbons (Fsp3) is 0.400. The van der Waals surface area contributed by atoms with Crippen molar-refractivity contribution in [1.29, 1.82) is 0 Å². The van der Waals surface area contributed by atoms with Gasteiger partial charge in [0.2, 0.25) is 5.12 Å². The highest BCUT2D eigenvalue weighted by Crippen LogP contribution is 2.26. The van der Waals surface area contributed by atoms with Crippen LogP contribution in [0.4, 0.5) is 0 Å². The molecule has 1 heterocycles. The van der Waals surface area contributed by atoms with E-state index >= 15 is 0 Å². The first-order chi connectivity index (χ1) is 7.19. The summed E-state index contributed by atoms with van der Waals surface area (Å²) < 4.78 is 0. The Balaban J connectivity index is 2.97. The maximum absolute atomic E-state index is 11.6. The summed E-state index contributed by atoms with van der Waals surface area (Å²) in [5, 5.41) is 0.337. The van der Waals surface area contributed by atoms with Crippen molar-refractivity contribution >= 4 is 40.2 Å². The Morgan fingerprint density at radius 1 is 1.53 bits per heavy atom. The zero-order chi connectivity index (χ0) is 11.3. The maximum Gasteiger partial charge on any atom is 0.238 e.